The van der Waals surface area contributed by atoms with E-state index in [0.29, 0.717) is 37.3 Å². The molecule has 0 unspecified atom stereocenters. The molecule has 9 heteroatoms. The molecule has 0 aliphatic carbocycles. The Labute approximate surface area is 189 Å². The van der Waals surface area contributed by atoms with Gasteiger partial charge in [0.25, 0.3) is 0 Å². The van der Waals surface area contributed by atoms with E-state index in [4.69, 9.17) is 5.84 Å². The number of anilines is 1. The SMILES string of the molecule is CC/C(=C\C=C(\C)CNN)CC(=O)NCc1cc(N(C)CCN(C)C)cc(C(F)(F)F)c1. The lowest BCUT2D eigenvalue weighted by molar-refractivity contribution is -0.137. The van der Waals surface area contributed by atoms with Crippen molar-refractivity contribution in [2.45, 2.75) is 39.4 Å². The molecule has 0 aliphatic rings. The highest BCUT2D eigenvalue weighted by atomic mass is 19.4. The van der Waals surface area contributed by atoms with Gasteiger partial charge >= 0.3 is 6.18 Å². The van der Waals surface area contributed by atoms with Gasteiger partial charge in [-0.05, 0) is 51.2 Å². The minimum absolute atomic E-state index is 0.0280. The topological polar surface area (TPSA) is 73.6 Å². The summed E-state index contributed by atoms with van der Waals surface area (Å²) in [6.07, 6.45) is 0.198. The molecule has 1 aromatic carbocycles. The molecule has 1 amide bonds. The van der Waals surface area contributed by atoms with E-state index in [-0.39, 0.29) is 18.9 Å². The highest BCUT2D eigenvalue weighted by Crippen LogP contribution is 2.32. The molecule has 180 valence electrons. The first-order chi connectivity index (χ1) is 15.0. The van der Waals surface area contributed by atoms with Gasteiger partial charge in [0.15, 0.2) is 0 Å². The Bertz CT molecular complexity index is 803. The Morgan fingerprint density at radius 1 is 1.12 bits per heavy atom. The number of allylic oxidation sites excluding steroid dienone is 2. The lowest BCUT2D eigenvalue weighted by Gasteiger charge is -2.23. The van der Waals surface area contributed by atoms with Gasteiger partial charge in [-0.2, -0.15) is 13.2 Å². The zero-order valence-corrected chi connectivity index (χ0v) is 19.6. The fraction of sp³-hybridized carbons (Fsp3) is 0.522. The maximum absolute atomic E-state index is 13.4. The van der Waals surface area contributed by atoms with Crippen LogP contribution in [0.5, 0.6) is 0 Å². The van der Waals surface area contributed by atoms with Crippen LogP contribution in [-0.4, -0.2) is 51.6 Å². The fourth-order valence-corrected chi connectivity index (χ4v) is 2.89. The Hall–Kier alpha value is -2.36. The number of carbonyl (C=O) groups is 1. The summed E-state index contributed by atoms with van der Waals surface area (Å²) in [6.45, 7) is 5.73. The van der Waals surface area contributed by atoms with Gasteiger partial charge in [-0.25, -0.2) is 0 Å². The number of hydrogen-bond donors (Lipinski definition) is 3. The zero-order valence-electron chi connectivity index (χ0n) is 19.6. The maximum Gasteiger partial charge on any atom is 0.416 e. The molecule has 0 radical (unpaired) electrons. The van der Waals surface area contributed by atoms with Crippen LogP contribution in [0, 0.1) is 0 Å². The third-order valence-corrected chi connectivity index (χ3v) is 4.94. The minimum atomic E-state index is -4.46. The van der Waals surface area contributed by atoms with Crippen molar-refractivity contribution in [1.82, 2.24) is 15.6 Å². The van der Waals surface area contributed by atoms with Crippen LogP contribution >= 0.6 is 0 Å². The first-order valence-electron chi connectivity index (χ1n) is 10.6. The number of nitrogens with zero attached hydrogens (tertiary/aromatic N) is 2. The van der Waals surface area contributed by atoms with Crippen molar-refractivity contribution in [3.8, 4) is 0 Å². The van der Waals surface area contributed by atoms with Gasteiger partial charge in [-0.3, -0.25) is 16.1 Å². The summed E-state index contributed by atoms with van der Waals surface area (Å²) in [5.74, 6) is 5.05. The lowest BCUT2D eigenvalue weighted by Crippen LogP contribution is -2.29. The molecule has 0 atom stereocenters. The normalized spacial score (nSPS) is 12.9. The van der Waals surface area contributed by atoms with Crippen molar-refractivity contribution in [2.24, 2.45) is 5.84 Å². The van der Waals surface area contributed by atoms with Gasteiger partial charge in [0.2, 0.25) is 5.91 Å². The van der Waals surface area contributed by atoms with E-state index in [0.717, 1.165) is 23.3 Å². The predicted molar refractivity (Wildman–Crippen MR) is 124 cm³/mol. The first-order valence-corrected chi connectivity index (χ1v) is 10.6. The van der Waals surface area contributed by atoms with E-state index in [2.05, 4.69) is 10.7 Å². The summed E-state index contributed by atoms with van der Waals surface area (Å²) in [7, 11) is 5.58. The Morgan fingerprint density at radius 3 is 2.38 bits per heavy atom. The quantitative estimate of drug-likeness (QED) is 0.256. The van der Waals surface area contributed by atoms with Crippen LogP contribution in [-0.2, 0) is 17.5 Å². The molecular formula is C23H36F3N5O. The van der Waals surface area contributed by atoms with E-state index in [1.54, 1.807) is 18.0 Å². The van der Waals surface area contributed by atoms with Crippen molar-refractivity contribution >= 4 is 11.6 Å². The third-order valence-electron chi connectivity index (χ3n) is 4.94. The van der Waals surface area contributed by atoms with Crippen molar-refractivity contribution in [2.75, 3.05) is 45.7 Å². The molecule has 32 heavy (non-hydrogen) atoms. The average Bonchev–Trinajstić information content (AvgIpc) is 2.72. The van der Waals surface area contributed by atoms with Crippen LogP contribution < -0.4 is 21.5 Å². The van der Waals surface area contributed by atoms with E-state index in [9.17, 15) is 18.0 Å². The second-order valence-electron chi connectivity index (χ2n) is 8.14. The summed E-state index contributed by atoms with van der Waals surface area (Å²) in [6, 6.07) is 3.92. The van der Waals surface area contributed by atoms with Crippen LogP contribution in [0.2, 0.25) is 0 Å². The molecule has 1 rings (SSSR count). The number of nitrogens with two attached hydrogens (primary N) is 1. The van der Waals surface area contributed by atoms with Gasteiger partial charge < -0.3 is 15.1 Å². The largest absolute Gasteiger partial charge is 0.416 e. The number of hydrazine groups is 1. The number of carbonyl (C=O) groups excluding carboxylic acids is 1. The zero-order chi connectivity index (χ0) is 24.3. The van der Waals surface area contributed by atoms with E-state index in [1.165, 1.54) is 0 Å². The molecular weight excluding hydrogens is 419 g/mol. The van der Waals surface area contributed by atoms with Crippen LogP contribution in [0.25, 0.3) is 0 Å². The minimum Gasteiger partial charge on any atom is -0.373 e. The second kappa shape index (κ2) is 13.2. The summed E-state index contributed by atoms with van der Waals surface area (Å²) < 4.78 is 40.2. The molecule has 0 aromatic heterocycles. The van der Waals surface area contributed by atoms with Gasteiger partial charge in [-0.1, -0.05) is 30.2 Å². The van der Waals surface area contributed by atoms with Crippen molar-refractivity contribution in [3.63, 3.8) is 0 Å². The Balaban J connectivity index is 2.91. The van der Waals surface area contributed by atoms with Gasteiger partial charge in [0.05, 0.1) is 5.56 Å². The molecule has 0 bridgehead atoms. The van der Waals surface area contributed by atoms with E-state index < -0.39 is 11.7 Å². The highest BCUT2D eigenvalue weighted by Gasteiger charge is 2.31. The number of rotatable bonds is 12. The Morgan fingerprint density at radius 2 is 1.81 bits per heavy atom. The van der Waals surface area contributed by atoms with Crippen molar-refractivity contribution in [1.29, 1.82) is 0 Å². The van der Waals surface area contributed by atoms with E-state index >= 15 is 0 Å². The lowest BCUT2D eigenvalue weighted by atomic mass is 10.1. The maximum atomic E-state index is 13.4. The summed E-state index contributed by atoms with van der Waals surface area (Å²) in [5.41, 5.74) is 4.66. The van der Waals surface area contributed by atoms with Crippen LogP contribution in [0.3, 0.4) is 0 Å². The van der Waals surface area contributed by atoms with Gasteiger partial charge in [0.1, 0.15) is 0 Å². The Kier molecular flexibility index (Phi) is 11.5. The molecule has 0 heterocycles. The molecule has 0 saturated carbocycles. The number of alkyl halides is 3. The standard InChI is InChI=1S/C23H36F3N5O/c1-6-18(8-7-17(2)15-29-27)13-22(32)28-16-19-11-20(23(24,25)26)14-21(12-19)31(5)10-9-30(3)4/h7-8,11-12,14,29H,6,9-10,13,15-16,27H2,1-5H3,(H,28,32)/b17-7-,18-8+. The average molecular weight is 456 g/mol. The molecule has 0 fully saturated rings. The monoisotopic (exact) mass is 455 g/mol. The first kappa shape index (κ1) is 27.7. The molecule has 6 nitrogen and oxygen atoms in total. The van der Waals surface area contributed by atoms with Crippen molar-refractivity contribution in [3.05, 3.63) is 52.6 Å². The van der Waals surface area contributed by atoms with Crippen molar-refractivity contribution < 1.29 is 18.0 Å². The van der Waals surface area contributed by atoms with Crippen LogP contribution in [0.1, 0.15) is 37.8 Å². The highest BCUT2D eigenvalue weighted by molar-refractivity contribution is 5.78. The summed E-state index contributed by atoms with van der Waals surface area (Å²) in [4.78, 5) is 16.1. The number of hydrogen-bond acceptors (Lipinski definition) is 5. The molecule has 0 saturated heterocycles. The number of benzene rings is 1. The number of amides is 1. The van der Waals surface area contributed by atoms with Gasteiger partial charge in [0, 0.05) is 45.3 Å². The smallest absolute Gasteiger partial charge is 0.373 e. The molecule has 0 aliphatic heterocycles. The summed E-state index contributed by atoms with van der Waals surface area (Å²) >= 11 is 0. The number of nitrogens with one attached hydrogen (secondary N) is 2. The van der Waals surface area contributed by atoms with Gasteiger partial charge in [-0.15, -0.1) is 0 Å². The predicted octanol–water partition coefficient (Wildman–Crippen LogP) is 3.46. The third kappa shape index (κ3) is 10.3. The second-order valence-corrected chi connectivity index (χ2v) is 8.14. The molecule has 4 N–H and O–H groups in total. The summed E-state index contributed by atoms with van der Waals surface area (Å²) in [5, 5.41) is 2.74. The number of likely N-dealkylation sites (N-methyl/N-ethyl adjacent to an activating group) is 2. The van der Waals surface area contributed by atoms with E-state index in [1.807, 2.05) is 45.0 Å². The van der Waals surface area contributed by atoms with Crippen LogP contribution in [0.15, 0.2) is 41.5 Å². The molecule has 0 spiro atoms. The fourth-order valence-electron chi connectivity index (χ4n) is 2.89. The number of halogens is 3. The van der Waals surface area contributed by atoms with Crippen LogP contribution in [0.4, 0.5) is 18.9 Å². The molecule has 1 aromatic rings.